The van der Waals surface area contributed by atoms with Crippen LogP contribution in [0.3, 0.4) is 0 Å². The number of aryl methyl sites for hydroxylation is 1. The number of hydrogen-bond acceptors (Lipinski definition) is 3. The average molecular weight is 240 g/mol. The summed E-state index contributed by atoms with van der Waals surface area (Å²) in [5.74, 6) is 0.889. The molecule has 1 rings (SSSR count). The first-order chi connectivity index (χ1) is 7.54. The van der Waals surface area contributed by atoms with Crippen molar-refractivity contribution in [3.8, 4) is 0 Å². The van der Waals surface area contributed by atoms with Crippen molar-refractivity contribution in [1.82, 2.24) is 4.90 Å². The van der Waals surface area contributed by atoms with Crippen molar-refractivity contribution in [2.45, 2.75) is 20.3 Å². The maximum Gasteiger partial charge on any atom is 0.289 e. The number of carbonyl (C=O) groups is 1. The molecular formula is C11H16N2O2S. The SMILES string of the molecule is CCCN(CC(N)=S)C(=O)c1ccc(C)o1. The number of nitrogens with two attached hydrogens (primary N) is 1. The van der Waals surface area contributed by atoms with E-state index in [-0.39, 0.29) is 5.91 Å². The zero-order chi connectivity index (χ0) is 12.1. The van der Waals surface area contributed by atoms with Crippen molar-refractivity contribution >= 4 is 23.1 Å². The van der Waals surface area contributed by atoms with Crippen molar-refractivity contribution in [1.29, 1.82) is 0 Å². The molecule has 0 aliphatic rings. The Labute approximate surface area is 100 Å². The molecule has 4 nitrogen and oxygen atoms in total. The largest absolute Gasteiger partial charge is 0.456 e. The molecule has 16 heavy (non-hydrogen) atoms. The van der Waals surface area contributed by atoms with Gasteiger partial charge in [0.25, 0.3) is 5.91 Å². The zero-order valence-electron chi connectivity index (χ0n) is 9.53. The van der Waals surface area contributed by atoms with Gasteiger partial charge in [0.15, 0.2) is 5.76 Å². The molecule has 0 spiro atoms. The molecule has 88 valence electrons. The molecule has 0 aliphatic heterocycles. The Morgan fingerprint density at radius 3 is 2.69 bits per heavy atom. The lowest BCUT2D eigenvalue weighted by Gasteiger charge is -2.19. The highest BCUT2D eigenvalue weighted by Crippen LogP contribution is 2.10. The lowest BCUT2D eigenvalue weighted by atomic mass is 10.3. The molecule has 1 aromatic heterocycles. The number of thiocarbonyl (C=S) groups is 1. The third kappa shape index (κ3) is 3.34. The summed E-state index contributed by atoms with van der Waals surface area (Å²) < 4.78 is 5.28. The monoisotopic (exact) mass is 240 g/mol. The van der Waals surface area contributed by atoms with E-state index in [1.165, 1.54) is 0 Å². The van der Waals surface area contributed by atoms with E-state index in [9.17, 15) is 4.79 Å². The van der Waals surface area contributed by atoms with E-state index in [4.69, 9.17) is 22.4 Å². The Morgan fingerprint density at radius 2 is 2.25 bits per heavy atom. The summed E-state index contributed by atoms with van der Waals surface area (Å²) in [6.07, 6.45) is 0.855. The molecule has 0 saturated heterocycles. The molecule has 0 unspecified atom stereocenters. The smallest absolute Gasteiger partial charge is 0.289 e. The summed E-state index contributed by atoms with van der Waals surface area (Å²) in [4.78, 5) is 13.9. The number of hydrogen-bond donors (Lipinski definition) is 1. The maximum atomic E-state index is 12.0. The van der Waals surface area contributed by atoms with Crippen LogP contribution in [0.25, 0.3) is 0 Å². The first kappa shape index (κ1) is 12.7. The van der Waals surface area contributed by atoms with Crippen molar-refractivity contribution < 1.29 is 9.21 Å². The minimum Gasteiger partial charge on any atom is -0.456 e. The number of amides is 1. The van der Waals surface area contributed by atoms with Crippen molar-refractivity contribution in [2.75, 3.05) is 13.1 Å². The topological polar surface area (TPSA) is 59.5 Å². The van der Waals surface area contributed by atoms with Crippen molar-refractivity contribution in [2.24, 2.45) is 5.73 Å². The number of furan rings is 1. The molecule has 0 aromatic carbocycles. The van der Waals surface area contributed by atoms with Gasteiger partial charge in [0.1, 0.15) is 5.76 Å². The fourth-order valence-corrected chi connectivity index (χ4v) is 1.57. The van der Waals surface area contributed by atoms with Crippen LogP contribution in [-0.4, -0.2) is 28.9 Å². The van der Waals surface area contributed by atoms with Gasteiger partial charge in [-0.2, -0.15) is 0 Å². The summed E-state index contributed by atoms with van der Waals surface area (Å²) in [6.45, 7) is 4.71. The molecule has 2 N–H and O–H groups in total. The van der Waals surface area contributed by atoms with E-state index in [2.05, 4.69) is 0 Å². The van der Waals surface area contributed by atoms with Crippen LogP contribution >= 0.6 is 12.2 Å². The highest BCUT2D eigenvalue weighted by atomic mass is 32.1. The molecule has 0 fully saturated rings. The van der Waals surface area contributed by atoms with Gasteiger partial charge in [-0.25, -0.2) is 0 Å². The van der Waals surface area contributed by atoms with Gasteiger partial charge in [-0.05, 0) is 25.5 Å². The van der Waals surface area contributed by atoms with Gasteiger partial charge >= 0.3 is 0 Å². The van der Waals surface area contributed by atoms with Gasteiger partial charge in [-0.3, -0.25) is 4.79 Å². The zero-order valence-corrected chi connectivity index (χ0v) is 10.3. The van der Waals surface area contributed by atoms with Crippen LogP contribution in [0.2, 0.25) is 0 Å². The second-order valence-corrected chi connectivity index (χ2v) is 4.13. The Balaban J connectivity index is 2.78. The minimum absolute atomic E-state index is 0.164. The first-order valence-corrected chi connectivity index (χ1v) is 5.59. The predicted molar refractivity (Wildman–Crippen MR) is 66.4 cm³/mol. The van der Waals surface area contributed by atoms with Crippen LogP contribution < -0.4 is 5.73 Å². The second-order valence-electron chi connectivity index (χ2n) is 3.60. The molecular weight excluding hydrogens is 224 g/mol. The quantitative estimate of drug-likeness (QED) is 0.796. The van der Waals surface area contributed by atoms with Crippen LogP contribution in [0.5, 0.6) is 0 Å². The molecule has 0 aliphatic carbocycles. The molecule has 1 amide bonds. The van der Waals surface area contributed by atoms with Crippen LogP contribution in [-0.2, 0) is 0 Å². The molecule has 0 atom stereocenters. The van der Waals surface area contributed by atoms with E-state index < -0.39 is 0 Å². The number of nitrogens with zero attached hydrogens (tertiary/aromatic N) is 1. The highest BCUT2D eigenvalue weighted by Gasteiger charge is 2.18. The average Bonchev–Trinajstić information content (AvgIpc) is 2.62. The molecule has 1 heterocycles. The second kappa shape index (κ2) is 5.65. The van der Waals surface area contributed by atoms with Gasteiger partial charge in [0.2, 0.25) is 0 Å². The molecule has 5 heteroatoms. The van der Waals surface area contributed by atoms with Crippen LogP contribution in [0.1, 0.15) is 29.7 Å². The van der Waals surface area contributed by atoms with Gasteiger partial charge in [-0.1, -0.05) is 19.1 Å². The van der Waals surface area contributed by atoms with Crippen LogP contribution in [0.15, 0.2) is 16.5 Å². The molecule has 0 bridgehead atoms. The van der Waals surface area contributed by atoms with E-state index >= 15 is 0 Å². The predicted octanol–water partition coefficient (Wildman–Crippen LogP) is 1.73. The molecule has 1 aromatic rings. The summed E-state index contributed by atoms with van der Waals surface area (Å²) in [6, 6.07) is 3.43. The van der Waals surface area contributed by atoms with Gasteiger partial charge in [0, 0.05) is 6.54 Å². The van der Waals surface area contributed by atoms with Crippen molar-refractivity contribution in [3.63, 3.8) is 0 Å². The fraction of sp³-hybridized carbons (Fsp3) is 0.455. The number of rotatable bonds is 5. The summed E-state index contributed by atoms with van der Waals surface area (Å²) in [5.41, 5.74) is 5.45. The highest BCUT2D eigenvalue weighted by molar-refractivity contribution is 7.80. The molecule has 0 saturated carbocycles. The van der Waals surface area contributed by atoms with E-state index in [1.807, 2.05) is 6.92 Å². The minimum atomic E-state index is -0.164. The Bertz CT molecular complexity index is 387. The maximum absolute atomic E-state index is 12.0. The lowest BCUT2D eigenvalue weighted by Crippen LogP contribution is -2.38. The Kier molecular flexibility index (Phi) is 4.49. The van der Waals surface area contributed by atoms with E-state index in [1.54, 1.807) is 24.0 Å². The normalized spacial score (nSPS) is 10.1. The fourth-order valence-electron chi connectivity index (χ4n) is 1.42. The van der Waals surface area contributed by atoms with Crippen molar-refractivity contribution in [3.05, 3.63) is 23.7 Å². The Hall–Kier alpha value is -1.36. The number of carbonyl (C=O) groups excluding carboxylic acids is 1. The summed E-state index contributed by atoms with van der Waals surface area (Å²) >= 11 is 4.81. The van der Waals surface area contributed by atoms with Crippen LogP contribution in [0, 0.1) is 6.92 Å². The summed E-state index contributed by atoms with van der Waals surface area (Å²) in [7, 11) is 0. The molecule has 0 radical (unpaired) electrons. The van der Waals surface area contributed by atoms with Gasteiger partial charge < -0.3 is 15.1 Å². The Morgan fingerprint density at radius 1 is 1.56 bits per heavy atom. The third-order valence-electron chi connectivity index (χ3n) is 2.08. The summed E-state index contributed by atoms with van der Waals surface area (Å²) in [5, 5.41) is 0. The van der Waals surface area contributed by atoms with E-state index in [0.717, 1.165) is 12.2 Å². The van der Waals surface area contributed by atoms with Gasteiger partial charge in [0.05, 0.1) is 11.5 Å². The first-order valence-electron chi connectivity index (χ1n) is 5.18. The van der Waals surface area contributed by atoms with Gasteiger partial charge in [-0.15, -0.1) is 0 Å². The van der Waals surface area contributed by atoms with Crippen LogP contribution in [0.4, 0.5) is 0 Å². The third-order valence-corrected chi connectivity index (χ3v) is 2.21. The standard InChI is InChI=1S/C11H16N2O2S/c1-3-6-13(7-10(12)16)11(14)9-5-4-8(2)15-9/h4-5H,3,6-7H2,1-2H3,(H2,12,16). The lowest BCUT2D eigenvalue weighted by molar-refractivity contribution is 0.0747. The van der Waals surface area contributed by atoms with E-state index in [0.29, 0.717) is 23.8 Å².